The first-order valence-electron chi connectivity index (χ1n) is 4.58. The Hall–Kier alpha value is -2.50. The zero-order chi connectivity index (χ0) is 12.8. The average molecular weight is 235 g/mol. The van der Waals surface area contributed by atoms with E-state index in [9.17, 15) is 19.7 Å². The summed E-state index contributed by atoms with van der Waals surface area (Å²) in [6.07, 6.45) is 2.87. The van der Waals surface area contributed by atoms with Crippen LogP contribution in [0.5, 0.6) is 0 Å². The van der Waals surface area contributed by atoms with Crippen LogP contribution in [-0.4, -0.2) is 24.3 Å². The van der Waals surface area contributed by atoms with Gasteiger partial charge in [-0.05, 0) is 24.3 Å². The highest BCUT2D eigenvalue weighted by Crippen LogP contribution is 2.21. The minimum atomic E-state index is -0.597. The van der Waals surface area contributed by atoms with Crippen LogP contribution in [0.4, 0.5) is 5.69 Å². The number of aldehydes is 1. The van der Waals surface area contributed by atoms with Gasteiger partial charge in [-0.15, -0.1) is 0 Å². The first kappa shape index (κ1) is 12.6. The summed E-state index contributed by atoms with van der Waals surface area (Å²) in [7, 11) is 1.21. The molecule has 0 saturated carbocycles. The quantitative estimate of drug-likeness (QED) is 0.260. The molecule has 0 aliphatic rings. The van der Waals surface area contributed by atoms with Gasteiger partial charge in [0.15, 0.2) is 0 Å². The van der Waals surface area contributed by atoms with Gasteiger partial charge in [-0.1, -0.05) is 0 Å². The lowest BCUT2D eigenvalue weighted by Gasteiger charge is -2.01. The Morgan fingerprint density at radius 1 is 1.47 bits per heavy atom. The molecule has 6 nitrogen and oxygen atoms in total. The van der Waals surface area contributed by atoms with Crippen LogP contribution in [0.25, 0.3) is 6.08 Å². The van der Waals surface area contributed by atoms with Crippen LogP contribution >= 0.6 is 0 Å². The second kappa shape index (κ2) is 5.55. The Kier molecular flexibility index (Phi) is 4.10. The number of nitro groups is 1. The number of esters is 1. The molecule has 0 unspecified atom stereocenters. The van der Waals surface area contributed by atoms with Crippen molar-refractivity contribution in [1.82, 2.24) is 0 Å². The van der Waals surface area contributed by atoms with Gasteiger partial charge in [0.2, 0.25) is 0 Å². The molecule has 17 heavy (non-hydrogen) atoms. The van der Waals surface area contributed by atoms with E-state index in [0.717, 1.165) is 6.08 Å². The minimum absolute atomic E-state index is 0.171. The van der Waals surface area contributed by atoms with Crippen molar-refractivity contribution < 1.29 is 19.2 Å². The summed E-state index contributed by atoms with van der Waals surface area (Å²) in [5.41, 5.74) is 0.171. The van der Waals surface area contributed by atoms with Crippen molar-refractivity contribution >= 4 is 24.0 Å². The molecule has 0 aliphatic heterocycles. The molecule has 0 spiro atoms. The number of nitro benzene ring substituents is 1. The molecule has 0 heterocycles. The fourth-order valence-electron chi connectivity index (χ4n) is 1.24. The number of benzene rings is 1. The van der Waals surface area contributed by atoms with Crippen molar-refractivity contribution in [3.8, 4) is 0 Å². The normalized spacial score (nSPS) is 10.2. The van der Waals surface area contributed by atoms with Crippen LogP contribution in [0.2, 0.25) is 0 Å². The highest BCUT2D eigenvalue weighted by molar-refractivity contribution is 5.91. The summed E-state index contributed by atoms with van der Waals surface area (Å²) in [5.74, 6) is -0.597. The van der Waals surface area contributed by atoms with E-state index < -0.39 is 10.9 Å². The summed E-state index contributed by atoms with van der Waals surface area (Å²) in [4.78, 5) is 31.5. The Bertz CT molecular complexity index is 493. The highest BCUT2D eigenvalue weighted by Gasteiger charge is 2.15. The van der Waals surface area contributed by atoms with E-state index in [1.165, 1.54) is 31.4 Å². The van der Waals surface area contributed by atoms with Gasteiger partial charge in [0, 0.05) is 6.07 Å². The van der Waals surface area contributed by atoms with Gasteiger partial charge in [-0.3, -0.25) is 14.9 Å². The van der Waals surface area contributed by atoms with Gasteiger partial charge in [0.25, 0.3) is 5.69 Å². The molecule has 0 N–H and O–H groups in total. The van der Waals surface area contributed by atoms with Crippen molar-refractivity contribution in [2.75, 3.05) is 7.11 Å². The number of nitrogens with zero attached hydrogens (tertiary/aromatic N) is 1. The van der Waals surface area contributed by atoms with Gasteiger partial charge in [-0.25, -0.2) is 4.79 Å². The average Bonchev–Trinajstić information content (AvgIpc) is 2.34. The molecular formula is C11H9NO5. The smallest absolute Gasteiger partial charge is 0.337 e. The van der Waals surface area contributed by atoms with E-state index in [1.54, 1.807) is 0 Å². The fourth-order valence-corrected chi connectivity index (χ4v) is 1.24. The van der Waals surface area contributed by atoms with Crippen LogP contribution in [0.3, 0.4) is 0 Å². The van der Waals surface area contributed by atoms with E-state index in [4.69, 9.17) is 0 Å². The van der Waals surface area contributed by atoms with Crippen molar-refractivity contribution in [2.45, 2.75) is 0 Å². The lowest BCUT2D eigenvalue weighted by Crippen LogP contribution is -2.02. The number of hydrogen-bond donors (Lipinski definition) is 0. The number of ether oxygens (including phenoxy) is 1. The fraction of sp³-hybridized carbons (Fsp3) is 0.0909. The van der Waals surface area contributed by atoms with E-state index in [-0.39, 0.29) is 16.8 Å². The Morgan fingerprint density at radius 2 is 2.18 bits per heavy atom. The predicted molar refractivity (Wildman–Crippen MR) is 59.5 cm³/mol. The van der Waals surface area contributed by atoms with Gasteiger partial charge < -0.3 is 4.74 Å². The highest BCUT2D eigenvalue weighted by atomic mass is 16.6. The van der Waals surface area contributed by atoms with E-state index >= 15 is 0 Å². The van der Waals surface area contributed by atoms with E-state index in [1.807, 2.05) is 0 Å². The molecule has 0 radical (unpaired) electrons. The number of methoxy groups -OCH3 is 1. The SMILES string of the molecule is COC(=O)c1ccc([N+](=O)[O-])c(/C=C/C=O)c1. The topological polar surface area (TPSA) is 86.5 Å². The molecule has 1 rings (SSSR count). The Balaban J connectivity index is 3.28. The predicted octanol–water partition coefficient (Wildman–Crippen LogP) is 1.59. The Morgan fingerprint density at radius 3 is 2.71 bits per heavy atom. The van der Waals surface area contributed by atoms with Crippen LogP contribution in [0.15, 0.2) is 24.3 Å². The van der Waals surface area contributed by atoms with Crippen LogP contribution < -0.4 is 0 Å². The Labute approximate surface area is 96.7 Å². The van der Waals surface area contributed by atoms with Crippen molar-refractivity contribution in [3.05, 3.63) is 45.5 Å². The number of carbonyl (C=O) groups excluding carboxylic acids is 2. The summed E-state index contributed by atoms with van der Waals surface area (Å²) < 4.78 is 4.49. The summed E-state index contributed by atoms with van der Waals surface area (Å²) >= 11 is 0. The number of rotatable bonds is 4. The van der Waals surface area contributed by atoms with Gasteiger partial charge in [0.1, 0.15) is 6.29 Å². The van der Waals surface area contributed by atoms with E-state index in [2.05, 4.69) is 4.74 Å². The third kappa shape index (κ3) is 2.97. The molecule has 0 aromatic heterocycles. The lowest BCUT2D eigenvalue weighted by atomic mass is 10.1. The second-order valence-electron chi connectivity index (χ2n) is 3.02. The summed E-state index contributed by atoms with van der Waals surface area (Å²) in [6, 6.07) is 3.78. The summed E-state index contributed by atoms with van der Waals surface area (Å²) in [6.45, 7) is 0. The monoisotopic (exact) mass is 235 g/mol. The third-order valence-electron chi connectivity index (χ3n) is 2.00. The van der Waals surface area contributed by atoms with Crippen molar-refractivity contribution in [1.29, 1.82) is 0 Å². The molecule has 0 amide bonds. The molecule has 88 valence electrons. The zero-order valence-corrected chi connectivity index (χ0v) is 8.95. The maximum Gasteiger partial charge on any atom is 0.337 e. The van der Waals surface area contributed by atoms with Crippen LogP contribution in [-0.2, 0) is 9.53 Å². The standard InChI is InChI=1S/C11H9NO5/c1-17-11(14)9-4-5-10(12(15)16)8(7-9)3-2-6-13/h2-7H,1H3/b3-2+. The second-order valence-corrected chi connectivity index (χ2v) is 3.02. The molecule has 1 aromatic rings. The molecule has 0 fully saturated rings. The minimum Gasteiger partial charge on any atom is -0.465 e. The van der Waals surface area contributed by atoms with Gasteiger partial charge in [-0.2, -0.15) is 0 Å². The number of carbonyl (C=O) groups is 2. The molecule has 0 atom stereocenters. The maximum atomic E-state index is 11.2. The van der Waals surface area contributed by atoms with Gasteiger partial charge in [0.05, 0.1) is 23.2 Å². The van der Waals surface area contributed by atoms with Crippen LogP contribution in [0.1, 0.15) is 15.9 Å². The summed E-state index contributed by atoms with van der Waals surface area (Å²) in [5, 5.41) is 10.7. The first-order valence-corrected chi connectivity index (χ1v) is 4.58. The van der Waals surface area contributed by atoms with Crippen molar-refractivity contribution in [2.24, 2.45) is 0 Å². The van der Waals surface area contributed by atoms with E-state index in [0.29, 0.717) is 6.29 Å². The molecular weight excluding hydrogens is 226 g/mol. The van der Waals surface area contributed by atoms with Crippen molar-refractivity contribution in [3.63, 3.8) is 0 Å². The zero-order valence-electron chi connectivity index (χ0n) is 8.95. The number of hydrogen-bond acceptors (Lipinski definition) is 5. The molecule has 0 saturated heterocycles. The largest absolute Gasteiger partial charge is 0.465 e. The lowest BCUT2D eigenvalue weighted by molar-refractivity contribution is -0.385. The number of allylic oxidation sites excluding steroid dienone is 1. The van der Waals surface area contributed by atoms with Crippen LogP contribution in [0, 0.1) is 10.1 Å². The molecule has 0 aliphatic carbocycles. The maximum absolute atomic E-state index is 11.2. The third-order valence-corrected chi connectivity index (χ3v) is 2.00. The molecule has 0 bridgehead atoms. The van der Waals surface area contributed by atoms with Gasteiger partial charge >= 0.3 is 5.97 Å². The molecule has 6 heteroatoms. The first-order chi connectivity index (χ1) is 8.10. The molecule has 1 aromatic carbocycles.